The second kappa shape index (κ2) is 10.3. The molecule has 31 heavy (non-hydrogen) atoms. The lowest BCUT2D eigenvalue weighted by molar-refractivity contribution is 0.0394. The maximum Gasteiger partial charge on any atom is 0.258 e. The monoisotopic (exact) mass is 424 g/mol. The van der Waals surface area contributed by atoms with Crippen molar-refractivity contribution in [2.45, 2.75) is 13.3 Å². The Bertz CT molecular complexity index is 924. The van der Waals surface area contributed by atoms with Gasteiger partial charge in [-0.3, -0.25) is 20.0 Å². The minimum Gasteiger partial charge on any atom is -0.454 e. The normalized spacial score (nSPS) is 16.2. The molecule has 1 amide bonds. The lowest BCUT2D eigenvalue weighted by atomic mass is 10.1. The van der Waals surface area contributed by atoms with Gasteiger partial charge in [0.25, 0.3) is 5.91 Å². The highest BCUT2D eigenvalue weighted by atomic mass is 16.7. The number of anilines is 1. The summed E-state index contributed by atoms with van der Waals surface area (Å²) in [5.74, 6) is 1.37. The van der Waals surface area contributed by atoms with Gasteiger partial charge in [-0.2, -0.15) is 0 Å². The number of fused-ring (bicyclic) bond motifs is 1. The van der Waals surface area contributed by atoms with Crippen molar-refractivity contribution >= 4 is 17.6 Å². The first kappa shape index (κ1) is 21.1. The number of guanidine groups is 1. The molecule has 1 fully saturated rings. The predicted octanol–water partition coefficient (Wildman–Crippen LogP) is 2.51. The van der Waals surface area contributed by atoms with Gasteiger partial charge in [0.05, 0.1) is 19.8 Å². The lowest BCUT2D eigenvalue weighted by Gasteiger charge is -2.25. The first-order valence-corrected chi connectivity index (χ1v) is 10.6. The van der Waals surface area contributed by atoms with Crippen LogP contribution in [0.4, 0.5) is 5.69 Å². The smallest absolute Gasteiger partial charge is 0.258 e. The fraction of sp³-hybridized carbons (Fsp3) is 0.391. The van der Waals surface area contributed by atoms with Crippen molar-refractivity contribution in [3.05, 3.63) is 53.6 Å². The maximum atomic E-state index is 12.9. The SMILES string of the molecule is CCc1ccc(NC(=NCCN2CCOCC2)NC(=O)c2ccc3c(c2)OCO3)cc1. The summed E-state index contributed by atoms with van der Waals surface area (Å²) in [5, 5.41) is 6.14. The molecule has 8 nitrogen and oxygen atoms in total. The van der Waals surface area contributed by atoms with Crippen LogP contribution in [0.25, 0.3) is 0 Å². The van der Waals surface area contributed by atoms with Gasteiger partial charge in [-0.15, -0.1) is 0 Å². The van der Waals surface area contributed by atoms with Crippen molar-refractivity contribution in [1.29, 1.82) is 0 Å². The molecule has 2 heterocycles. The van der Waals surface area contributed by atoms with Crippen molar-refractivity contribution in [1.82, 2.24) is 10.2 Å². The summed E-state index contributed by atoms with van der Waals surface area (Å²) < 4.78 is 16.1. The average Bonchev–Trinajstić information content (AvgIpc) is 3.28. The molecule has 0 unspecified atom stereocenters. The summed E-state index contributed by atoms with van der Waals surface area (Å²) in [5.41, 5.74) is 2.60. The molecule has 0 spiro atoms. The third kappa shape index (κ3) is 5.74. The van der Waals surface area contributed by atoms with Crippen molar-refractivity contribution in [2.75, 3.05) is 51.5 Å². The summed E-state index contributed by atoms with van der Waals surface area (Å²) in [6.45, 7) is 6.97. The first-order chi connectivity index (χ1) is 15.2. The number of amides is 1. The van der Waals surface area contributed by atoms with Gasteiger partial charge in [0.2, 0.25) is 12.8 Å². The molecule has 1 saturated heterocycles. The van der Waals surface area contributed by atoms with Gasteiger partial charge >= 0.3 is 0 Å². The Morgan fingerprint density at radius 3 is 2.61 bits per heavy atom. The van der Waals surface area contributed by atoms with Gasteiger partial charge < -0.3 is 19.5 Å². The molecule has 164 valence electrons. The van der Waals surface area contributed by atoms with E-state index in [0.717, 1.165) is 45.0 Å². The molecule has 0 aromatic heterocycles. The van der Waals surface area contributed by atoms with E-state index in [1.165, 1.54) is 5.56 Å². The Morgan fingerprint density at radius 1 is 1.06 bits per heavy atom. The number of rotatable bonds is 6. The molecule has 0 aliphatic carbocycles. The molecule has 0 atom stereocenters. The molecule has 8 heteroatoms. The Hall–Kier alpha value is -3.10. The van der Waals surface area contributed by atoms with Gasteiger partial charge in [0.15, 0.2) is 11.5 Å². The summed E-state index contributed by atoms with van der Waals surface area (Å²) in [6, 6.07) is 13.2. The highest BCUT2D eigenvalue weighted by Crippen LogP contribution is 2.32. The molecule has 2 aromatic rings. The number of nitrogens with zero attached hydrogens (tertiary/aromatic N) is 2. The number of aryl methyl sites for hydroxylation is 1. The topological polar surface area (TPSA) is 84.4 Å². The van der Waals surface area contributed by atoms with Crippen LogP contribution >= 0.6 is 0 Å². The number of nitrogens with one attached hydrogen (secondary N) is 2. The molecule has 2 aliphatic rings. The quantitative estimate of drug-likeness (QED) is 0.548. The molecule has 2 N–H and O–H groups in total. The van der Waals surface area contributed by atoms with Crippen LogP contribution < -0.4 is 20.1 Å². The maximum absolute atomic E-state index is 12.9. The zero-order chi connectivity index (χ0) is 21.5. The number of hydrogen-bond acceptors (Lipinski definition) is 6. The number of carbonyl (C=O) groups excluding carboxylic acids is 1. The van der Waals surface area contributed by atoms with Crippen molar-refractivity contribution in [3.63, 3.8) is 0 Å². The minimum atomic E-state index is -0.263. The average molecular weight is 425 g/mol. The minimum absolute atomic E-state index is 0.171. The predicted molar refractivity (Wildman–Crippen MR) is 119 cm³/mol. The van der Waals surface area contributed by atoms with Crippen LogP contribution in [-0.4, -0.2) is 63.0 Å². The van der Waals surface area contributed by atoms with Gasteiger partial charge in [0.1, 0.15) is 0 Å². The molecule has 2 aromatic carbocycles. The second-order valence-electron chi connectivity index (χ2n) is 7.38. The van der Waals surface area contributed by atoms with Crippen LogP contribution in [0.5, 0.6) is 11.5 Å². The molecular weight excluding hydrogens is 396 g/mol. The van der Waals surface area contributed by atoms with Crippen LogP contribution in [0, 0.1) is 0 Å². The number of morpholine rings is 1. The largest absolute Gasteiger partial charge is 0.454 e. The van der Waals surface area contributed by atoms with E-state index < -0.39 is 0 Å². The molecule has 4 rings (SSSR count). The molecule has 0 saturated carbocycles. The summed E-state index contributed by atoms with van der Waals surface area (Å²) in [4.78, 5) is 19.8. The number of carbonyl (C=O) groups is 1. The fourth-order valence-corrected chi connectivity index (χ4v) is 3.42. The highest BCUT2D eigenvalue weighted by Gasteiger charge is 2.17. The van der Waals surface area contributed by atoms with Gasteiger partial charge in [-0.25, -0.2) is 0 Å². The van der Waals surface area contributed by atoms with E-state index in [-0.39, 0.29) is 12.7 Å². The van der Waals surface area contributed by atoms with E-state index in [1.54, 1.807) is 18.2 Å². The Labute approximate surface area is 182 Å². The Balaban J connectivity index is 1.44. The second-order valence-corrected chi connectivity index (χ2v) is 7.38. The summed E-state index contributed by atoms with van der Waals surface area (Å²) in [6.07, 6.45) is 0.974. The summed E-state index contributed by atoms with van der Waals surface area (Å²) >= 11 is 0. The number of hydrogen-bond donors (Lipinski definition) is 2. The standard InChI is InChI=1S/C23H28N4O4/c1-2-17-3-6-19(7-4-17)25-23(24-9-10-27-11-13-29-14-12-27)26-22(28)18-5-8-20-21(15-18)31-16-30-20/h3-8,15H,2,9-14,16H2,1H3,(H2,24,25,26,28). The number of benzene rings is 2. The van der Waals surface area contributed by atoms with E-state index >= 15 is 0 Å². The zero-order valence-corrected chi connectivity index (χ0v) is 17.7. The molecule has 0 radical (unpaired) electrons. The third-order valence-corrected chi connectivity index (χ3v) is 5.28. The van der Waals surface area contributed by atoms with Gasteiger partial charge in [-0.1, -0.05) is 19.1 Å². The number of ether oxygens (including phenoxy) is 3. The van der Waals surface area contributed by atoms with E-state index in [4.69, 9.17) is 14.2 Å². The van der Waals surface area contributed by atoms with Crippen LogP contribution in [0.2, 0.25) is 0 Å². The summed E-state index contributed by atoms with van der Waals surface area (Å²) in [7, 11) is 0. The van der Waals surface area contributed by atoms with E-state index in [0.29, 0.717) is 29.6 Å². The fourth-order valence-electron chi connectivity index (χ4n) is 3.42. The molecule has 0 bridgehead atoms. The molecule has 2 aliphatic heterocycles. The number of aliphatic imine (C=N–C) groups is 1. The first-order valence-electron chi connectivity index (χ1n) is 10.6. The Morgan fingerprint density at radius 2 is 1.84 bits per heavy atom. The van der Waals surface area contributed by atoms with Crippen molar-refractivity contribution < 1.29 is 19.0 Å². The van der Waals surface area contributed by atoms with Gasteiger partial charge in [-0.05, 0) is 42.3 Å². The zero-order valence-electron chi connectivity index (χ0n) is 17.7. The van der Waals surface area contributed by atoms with E-state index in [1.807, 2.05) is 12.1 Å². The van der Waals surface area contributed by atoms with E-state index in [2.05, 4.69) is 39.6 Å². The van der Waals surface area contributed by atoms with E-state index in [9.17, 15) is 4.79 Å². The Kier molecular flexibility index (Phi) is 7.01. The lowest BCUT2D eigenvalue weighted by Crippen LogP contribution is -2.39. The van der Waals surface area contributed by atoms with Crippen molar-refractivity contribution in [2.24, 2.45) is 4.99 Å². The third-order valence-electron chi connectivity index (χ3n) is 5.28. The van der Waals surface area contributed by atoms with Crippen molar-refractivity contribution in [3.8, 4) is 11.5 Å². The highest BCUT2D eigenvalue weighted by molar-refractivity contribution is 6.10. The van der Waals surface area contributed by atoms with Crippen LogP contribution in [-0.2, 0) is 11.2 Å². The van der Waals surface area contributed by atoms with Crippen LogP contribution in [0.15, 0.2) is 47.5 Å². The van der Waals surface area contributed by atoms with Gasteiger partial charge in [0, 0.05) is 30.9 Å². The van der Waals surface area contributed by atoms with Crippen LogP contribution in [0.1, 0.15) is 22.8 Å². The molecular formula is C23H28N4O4. The van der Waals surface area contributed by atoms with Crippen LogP contribution in [0.3, 0.4) is 0 Å².